The highest BCUT2D eigenvalue weighted by Gasteiger charge is 2.37. The molecule has 1 atom stereocenters. The maximum atomic E-state index is 14.3. The number of aromatic nitrogens is 3. The number of hydrogen-bond donors (Lipinski definition) is 2. The second kappa shape index (κ2) is 7.98. The molecule has 0 bridgehead atoms. The third-order valence-electron chi connectivity index (χ3n) is 4.84. The van der Waals surface area contributed by atoms with Crippen LogP contribution in [-0.4, -0.2) is 33.0 Å². The number of pyridine rings is 1. The van der Waals surface area contributed by atoms with E-state index in [1.54, 1.807) is 47.3 Å². The quantitative estimate of drug-likeness (QED) is 0.622. The van der Waals surface area contributed by atoms with Crippen molar-refractivity contribution in [3.8, 4) is 6.07 Å². The monoisotopic (exact) mass is 457 g/mol. The predicted molar refractivity (Wildman–Crippen MR) is 114 cm³/mol. The molecule has 1 aliphatic heterocycles. The molecule has 0 aliphatic carbocycles. The molecule has 1 aromatic carbocycles. The summed E-state index contributed by atoms with van der Waals surface area (Å²) >= 11 is 11.9. The van der Waals surface area contributed by atoms with Crippen LogP contribution in [-0.2, 0) is 12.1 Å². The summed E-state index contributed by atoms with van der Waals surface area (Å²) in [5.74, 6) is -0.0389. The zero-order valence-corrected chi connectivity index (χ0v) is 17.3. The number of amides is 1. The minimum Gasteiger partial charge on any atom is -0.381 e. The molecular weight excluding hydrogens is 444 g/mol. The van der Waals surface area contributed by atoms with Crippen LogP contribution in [0.2, 0.25) is 10.0 Å². The van der Waals surface area contributed by atoms with Crippen molar-refractivity contribution in [1.29, 1.82) is 5.26 Å². The molecule has 11 heteroatoms. The van der Waals surface area contributed by atoms with Gasteiger partial charge < -0.3 is 15.6 Å². The number of nitrogens with two attached hydrogens (primary N) is 1. The summed E-state index contributed by atoms with van der Waals surface area (Å²) in [5, 5.41) is 11.8. The lowest BCUT2D eigenvalue weighted by Crippen LogP contribution is -2.40. The van der Waals surface area contributed by atoms with Gasteiger partial charge in [-0.3, -0.25) is 4.79 Å². The topological polar surface area (TPSA) is 122 Å². The molecule has 2 aromatic heterocycles. The minimum absolute atomic E-state index is 0.00447. The zero-order valence-electron chi connectivity index (χ0n) is 15.8. The van der Waals surface area contributed by atoms with E-state index in [1.807, 2.05) is 0 Å². The second-order valence-electron chi connectivity index (χ2n) is 6.84. The molecule has 4 rings (SSSR count). The first-order valence-electron chi connectivity index (χ1n) is 8.98. The number of nitriles is 1. The minimum atomic E-state index is -1.26. The Morgan fingerprint density at radius 2 is 2.16 bits per heavy atom. The van der Waals surface area contributed by atoms with Crippen molar-refractivity contribution in [1.82, 2.24) is 14.5 Å². The number of nitrogens with one attached hydrogen (secondary N) is 1. The first-order valence-corrected chi connectivity index (χ1v) is 9.73. The van der Waals surface area contributed by atoms with Gasteiger partial charge in [-0.1, -0.05) is 35.3 Å². The molecular formula is C20H14Cl2FN7O. The van der Waals surface area contributed by atoms with Crippen molar-refractivity contribution in [2.75, 3.05) is 12.0 Å². The molecule has 0 saturated heterocycles. The van der Waals surface area contributed by atoms with E-state index in [0.29, 0.717) is 17.1 Å². The molecule has 1 aliphatic rings. The zero-order chi connectivity index (χ0) is 22.2. The summed E-state index contributed by atoms with van der Waals surface area (Å²) in [7, 11) is 0. The Morgan fingerprint density at radius 3 is 2.90 bits per heavy atom. The third-order valence-corrected chi connectivity index (χ3v) is 5.42. The van der Waals surface area contributed by atoms with Gasteiger partial charge in [0.25, 0.3) is 5.91 Å². The van der Waals surface area contributed by atoms with Crippen LogP contribution in [0.3, 0.4) is 0 Å². The Morgan fingerprint density at radius 1 is 1.35 bits per heavy atom. The lowest BCUT2D eigenvalue weighted by Gasteiger charge is -2.32. The van der Waals surface area contributed by atoms with E-state index in [1.165, 1.54) is 6.07 Å². The fraction of sp³-hybridized carbons (Fsp3) is 0.150. The van der Waals surface area contributed by atoms with Gasteiger partial charge in [0.05, 0.1) is 16.6 Å². The van der Waals surface area contributed by atoms with Crippen LogP contribution in [0.15, 0.2) is 47.7 Å². The van der Waals surface area contributed by atoms with Crippen LogP contribution in [0.25, 0.3) is 0 Å². The number of halogens is 3. The van der Waals surface area contributed by atoms with Crippen molar-refractivity contribution in [2.45, 2.75) is 12.1 Å². The SMILES string of the molecule is N#Cc1nc(C(=O)Nc2cccc(C3(CF)Cn4ccnc4C(N)=N3)c2)c(Cl)cc1Cl. The molecule has 1 amide bonds. The average Bonchev–Trinajstić information content (AvgIpc) is 3.23. The number of fused-ring (bicyclic) bond motifs is 1. The number of amidine groups is 1. The van der Waals surface area contributed by atoms with E-state index in [0.717, 1.165) is 0 Å². The van der Waals surface area contributed by atoms with Gasteiger partial charge in [0.2, 0.25) is 0 Å². The van der Waals surface area contributed by atoms with E-state index in [-0.39, 0.29) is 33.8 Å². The number of alkyl halides is 1. The van der Waals surface area contributed by atoms with Gasteiger partial charge in [0, 0.05) is 18.1 Å². The molecule has 0 spiro atoms. The highest BCUT2D eigenvalue weighted by molar-refractivity contribution is 6.37. The maximum absolute atomic E-state index is 14.3. The molecule has 3 aromatic rings. The second-order valence-corrected chi connectivity index (χ2v) is 7.65. The summed E-state index contributed by atoms with van der Waals surface area (Å²) < 4.78 is 16.0. The normalized spacial score (nSPS) is 17.4. The number of carbonyl (C=O) groups is 1. The fourth-order valence-corrected chi connectivity index (χ4v) is 3.84. The molecule has 0 saturated carbocycles. The Kier molecular flexibility index (Phi) is 5.35. The van der Waals surface area contributed by atoms with E-state index in [9.17, 15) is 9.18 Å². The number of imidazole rings is 1. The average molecular weight is 458 g/mol. The van der Waals surface area contributed by atoms with Crippen molar-refractivity contribution < 1.29 is 9.18 Å². The smallest absolute Gasteiger partial charge is 0.275 e. The standard InChI is InChI=1S/C20H14Cl2FN7O/c21-13-7-14(22)16(28-15(13)8-24)19(31)27-12-3-1-2-11(6-12)20(9-23)10-30-5-4-26-18(30)17(25)29-20/h1-7H,9-10H2,(H2,25,29)(H,27,31). The number of benzene rings is 1. The number of nitrogens with zero attached hydrogens (tertiary/aromatic N) is 5. The molecule has 1 unspecified atom stereocenters. The molecule has 31 heavy (non-hydrogen) atoms. The largest absolute Gasteiger partial charge is 0.381 e. The lowest BCUT2D eigenvalue weighted by molar-refractivity contribution is 0.102. The van der Waals surface area contributed by atoms with Crippen LogP contribution in [0, 0.1) is 11.3 Å². The van der Waals surface area contributed by atoms with Crippen molar-refractivity contribution in [3.63, 3.8) is 0 Å². The van der Waals surface area contributed by atoms with Gasteiger partial charge in [0.1, 0.15) is 24.0 Å². The molecule has 3 heterocycles. The van der Waals surface area contributed by atoms with Crippen molar-refractivity contribution >= 4 is 40.6 Å². The summed E-state index contributed by atoms with van der Waals surface area (Å²) in [6.45, 7) is -0.605. The van der Waals surface area contributed by atoms with E-state index in [2.05, 4.69) is 20.3 Å². The Hall–Kier alpha value is -3.48. The van der Waals surface area contributed by atoms with Gasteiger partial charge in [-0.25, -0.2) is 19.4 Å². The Bertz CT molecular complexity index is 1270. The summed E-state index contributed by atoms with van der Waals surface area (Å²) in [6, 6.07) is 9.67. The summed E-state index contributed by atoms with van der Waals surface area (Å²) in [6.07, 6.45) is 3.27. The molecule has 0 radical (unpaired) electrons. The van der Waals surface area contributed by atoms with Gasteiger partial charge >= 0.3 is 0 Å². The van der Waals surface area contributed by atoms with Crippen LogP contribution in [0.4, 0.5) is 10.1 Å². The molecule has 0 fully saturated rings. The Labute approximate surface area is 186 Å². The van der Waals surface area contributed by atoms with E-state index >= 15 is 0 Å². The molecule has 8 nitrogen and oxygen atoms in total. The molecule has 3 N–H and O–H groups in total. The first kappa shape index (κ1) is 20.8. The lowest BCUT2D eigenvalue weighted by atomic mass is 9.90. The highest BCUT2D eigenvalue weighted by Crippen LogP contribution is 2.34. The van der Waals surface area contributed by atoms with Crippen LogP contribution in [0.5, 0.6) is 0 Å². The van der Waals surface area contributed by atoms with Gasteiger partial charge in [0.15, 0.2) is 17.4 Å². The third kappa shape index (κ3) is 3.71. The Balaban J connectivity index is 1.66. The first-order chi connectivity index (χ1) is 14.9. The number of hydrogen-bond acceptors (Lipinski definition) is 6. The molecule has 156 valence electrons. The fourth-order valence-electron chi connectivity index (χ4n) is 3.35. The summed E-state index contributed by atoms with van der Waals surface area (Å²) in [4.78, 5) is 25.1. The predicted octanol–water partition coefficient (Wildman–Crippen LogP) is 3.29. The number of rotatable bonds is 4. The van der Waals surface area contributed by atoms with Gasteiger partial charge in [-0.15, -0.1) is 0 Å². The van der Waals surface area contributed by atoms with Crippen molar-refractivity contribution in [3.05, 3.63) is 75.5 Å². The summed E-state index contributed by atoms with van der Waals surface area (Å²) in [5.41, 5.74) is 5.35. The maximum Gasteiger partial charge on any atom is 0.275 e. The van der Waals surface area contributed by atoms with Crippen LogP contribution >= 0.6 is 23.2 Å². The van der Waals surface area contributed by atoms with Crippen LogP contribution in [0.1, 0.15) is 27.6 Å². The van der Waals surface area contributed by atoms with Gasteiger partial charge in [-0.2, -0.15) is 5.26 Å². The van der Waals surface area contributed by atoms with E-state index < -0.39 is 18.1 Å². The van der Waals surface area contributed by atoms with E-state index in [4.69, 9.17) is 34.2 Å². The highest BCUT2D eigenvalue weighted by atomic mass is 35.5. The number of carbonyl (C=O) groups excluding carboxylic acids is 1. The van der Waals surface area contributed by atoms with Crippen LogP contribution < -0.4 is 11.1 Å². The number of aliphatic imine (C=N–C) groups is 1. The van der Waals surface area contributed by atoms with Gasteiger partial charge in [-0.05, 0) is 23.8 Å². The number of anilines is 1. The van der Waals surface area contributed by atoms with Crippen molar-refractivity contribution in [2.24, 2.45) is 10.7 Å².